The topological polar surface area (TPSA) is 32.3 Å². The number of phenols is 1. The standard InChI is InChI=1S/C13H16INO/c1-2-7-8-3-12(14)13(16)4-9(8)11-6-15-5-10(7)11/h3-4,7,10-11,15-16H,2,5-6H2,1H3. The highest BCUT2D eigenvalue weighted by Crippen LogP contribution is 2.51. The fraction of sp³-hybridized carbons (Fsp3) is 0.538. The highest BCUT2D eigenvalue weighted by atomic mass is 127. The maximum atomic E-state index is 9.83. The second-order valence-corrected chi connectivity index (χ2v) is 6.04. The lowest BCUT2D eigenvalue weighted by atomic mass is 9.88. The summed E-state index contributed by atoms with van der Waals surface area (Å²) in [7, 11) is 0. The average Bonchev–Trinajstić information content (AvgIpc) is 2.80. The molecule has 3 heteroatoms. The highest BCUT2D eigenvalue weighted by Gasteiger charge is 2.42. The van der Waals surface area contributed by atoms with Crippen molar-refractivity contribution in [1.82, 2.24) is 5.32 Å². The van der Waals surface area contributed by atoms with Crippen molar-refractivity contribution in [2.45, 2.75) is 25.2 Å². The minimum absolute atomic E-state index is 0.446. The van der Waals surface area contributed by atoms with Crippen LogP contribution in [0.5, 0.6) is 5.75 Å². The zero-order chi connectivity index (χ0) is 11.3. The molecule has 3 atom stereocenters. The van der Waals surface area contributed by atoms with Gasteiger partial charge in [0.05, 0.1) is 3.57 Å². The monoisotopic (exact) mass is 329 g/mol. The normalized spacial score (nSPS) is 31.5. The van der Waals surface area contributed by atoms with Crippen molar-refractivity contribution >= 4 is 22.6 Å². The van der Waals surface area contributed by atoms with Crippen LogP contribution in [-0.2, 0) is 0 Å². The van der Waals surface area contributed by atoms with E-state index >= 15 is 0 Å². The van der Waals surface area contributed by atoms with Gasteiger partial charge < -0.3 is 10.4 Å². The first-order valence-corrected chi connectivity index (χ1v) is 7.03. The third-order valence-electron chi connectivity index (χ3n) is 4.17. The highest BCUT2D eigenvalue weighted by molar-refractivity contribution is 14.1. The van der Waals surface area contributed by atoms with Crippen LogP contribution in [0, 0.1) is 9.49 Å². The van der Waals surface area contributed by atoms with E-state index in [4.69, 9.17) is 0 Å². The van der Waals surface area contributed by atoms with Gasteiger partial charge in [-0.3, -0.25) is 0 Å². The van der Waals surface area contributed by atoms with Crippen molar-refractivity contribution in [3.63, 3.8) is 0 Å². The molecule has 0 radical (unpaired) electrons. The molecule has 2 N–H and O–H groups in total. The summed E-state index contributed by atoms with van der Waals surface area (Å²) in [6.45, 7) is 4.48. The van der Waals surface area contributed by atoms with Crippen molar-refractivity contribution < 1.29 is 5.11 Å². The summed E-state index contributed by atoms with van der Waals surface area (Å²) < 4.78 is 0.989. The van der Waals surface area contributed by atoms with Gasteiger partial charge in [0.1, 0.15) is 5.75 Å². The Kier molecular flexibility index (Phi) is 2.63. The number of aromatic hydroxyl groups is 1. The van der Waals surface area contributed by atoms with E-state index in [9.17, 15) is 5.11 Å². The molecular weight excluding hydrogens is 313 g/mol. The molecule has 1 aromatic rings. The van der Waals surface area contributed by atoms with Crippen LogP contribution in [0.4, 0.5) is 0 Å². The van der Waals surface area contributed by atoms with Crippen LogP contribution in [0.3, 0.4) is 0 Å². The van der Waals surface area contributed by atoms with Crippen molar-refractivity contribution in [2.75, 3.05) is 13.1 Å². The predicted molar refractivity (Wildman–Crippen MR) is 73.0 cm³/mol. The van der Waals surface area contributed by atoms with E-state index in [1.807, 2.05) is 6.07 Å². The Morgan fingerprint density at radius 2 is 2.19 bits per heavy atom. The molecule has 1 heterocycles. The molecule has 2 nitrogen and oxygen atoms in total. The maximum Gasteiger partial charge on any atom is 0.129 e. The maximum absolute atomic E-state index is 9.83. The summed E-state index contributed by atoms with van der Waals surface area (Å²) in [5.41, 5.74) is 2.88. The first kappa shape index (κ1) is 10.8. The molecule has 86 valence electrons. The predicted octanol–water partition coefficient (Wildman–Crippen LogP) is 2.81. The summed E-state index contributed by atoms with van der Waals surface area (Å²) in [6.07, 6.45) is 1.21. The summed E-state index contributed by atoms with van der Waals surface area (Å²) in [6, 6.07) is 4.19. The van der Waals surface area contributed by atoms with E-state index < -0.39 is 0 Å². The molecule has 16 heavy (non-hydrogen) atoms. The molecule has 1 saturated heterocycles. The third-order valence-corrected chi connectivity index (χ3v) is 5.03. The van der Waals surface area contributed by atoms with Crippen LogP contribution < -0.4 is 5.32 Å². The summed E-state index contributed by atoms with van der Waals surface area (Å²) in [4.78, 5) is 0. The molecule has 1 aliphatic carbocycles. The number of phenolic OH excluding ortho intramolecular Hbond substituents is 1. The number of hydrogen-bond acceptors (Lipinski definition) is 2. The Morgan fingerprint density at radius 3 is 2.94 bits per heavy atom. The molecule has 2 aliphatic rings. The molecule has 0 saturated carbocycles. The van der Waals surface area contributed by atoms with E-state index in [0.29, 0.717) is 17.6 Å². The van der Waals surface area contributed by atoms with Crippen LogP contribution in [0.1, 0.15) is 36.3 Å². The van der Waals surface area contributed by atoms with Crippen LogP contribution >= 0.6 is 22.6 Å². The van der Waals surface area contributed by atoms with Gasteiger partial charge in [-0.25, -0.2) is 0 Å². The minimum Gasteiger partial charge on any atom is -0.507 e. The molecule has 3 rings (SSSR count). The molecular formula is C13H16INO. The lowest BCUT2D eigenvalue weighted by Gasteiger charge is -2.16. The number of rotatable bonds is 1. The second kappa shape index (κ2) is 3.88. The zero-order valence-corrected chi connectivity index (χ0v) is 11.5. The quantitative estimate of drug-likeness (QED) is 0.777. The van der Waals surface area contributed by atoms with Gasteiger partial charge in [-0.2, -0.15) is 0 Å². The largest absolute Gasteiger partial charge is 0.507 e. The Labute approximate surface area is 110 Å². The molecule has 1 aromatic carbocycles. The summed E-state index contributed by atoms with van der Waals surface area (Å²) in [5, 5.41) is 13.3. The van der Waals surface area contributed by atoms with Gasteiger partial charge in [-0.1, -0.05) is 6.92 Å². The first-order valence-electron chi connectivity index (χ1n) is 5.95. The number of halogens is 1. The van der Waals surface area contributed by atoms with E-state index in [-0.39, 0.29) is 0 Å². The van der Waals surface area contributed by atoms with Crippen LogP contribution in [0.15, 0.2) is 12.1 Å². The van der Waals surface area contributed by atoms with Crippen LogP contribution in [0.25, 0.3) is 0 Å². The molecule has 0 aromatic heterocycles. The van der Waals surface area contributed by atoms with E-state index in [0.717, 1.165) is 22.6 Å². The van der Waals surface area contributed by atoms with E-state index in [1.165, 1.54) is 17.5 Å². The SMILES string of the molecule is CCC1c2cc(I)c(O)cc2C2CNCC12. The number of benzene rings is 1. The van der Waals surface area contributed by atoms with E-state index in [1.54, 1.807) is 0 Å². The van der Waals surface area contributed by atoms with Gasteiger partial charge in [0.2, 0.25) is 0 Å². The van der Waals surface area contributed by atoms with Crippen molar-refractivity contribution in [2.24, 2.45) is 5.92 Å². The first-order chi connectivity index (χ1) is 7.72. The van der Waals surface area contributed by atoms with Gasteiger partial charge in [-0.05, 0) is 70.7 Å². The zero-order valence-electron chi connectivity index (χ0n) is 9.33. The van der Waals surface area contributed by atoms with Gasteiger partial charge >= 0.3 is 0 Å². The Morgan fingerprint density at radius 1 is 1.38 bits per heavy atom. The Hall–Kier alpha value is -0.290. The summed E-state index contributed by atoms with van der Waals surface area (Å²) in [5.74, 6) is 2.51. The minimum atomic E-state index is 0.446. The van der Waals surface area contributed by atoms with E-state index in [2.05, 4.69) is 40.9 Å². The molecule has 1 fully saturated rings. The van der Waals surface area contributed by atoms with Gasteiger partial charge in [-0.15, -0.1) is 0 Å². The second-order valence-electron chi connectivity index (χ2n) is 4.88. The van der Waals surface area contributed by atoms with Crippen LogP contribution in [0.2, 0.25) is 0 Å². The van der Waals surface area contributed by atoms with Crippen molar-refractivity contribution in [1.29, 1.82) is 0 Å². The third kappa shape index (κ3) is 1.40. The van der Waals surface area contributed by atoms with Gasteiger partial charge in [0, 0.05) is 12.5 Å². The molecule has 1 aliphatic heterocycles. The number of fused-ring (bicyclic) bond motifs is 3. The van der Waals surface area contributed by atoms with Gasteiger partial charge in [0.15, 0.2) is 0 Å². The van der Waals surface area contributed by atoms with Crippen LogP contribution in [-0.4, -0.2) is 18.2 Å². The lowest BCUT2D eigenvalue weighted by Crippen LogP contribution is -2.14. The lowest BCUT2D eigenvalue weighted by molar-refractivity contribution is 0.450. The molecule has 0 bridgehead atoms. The fourth-order valence-corrected chi connectivity index (χ4v) is 3.94. The fourth-order valence-electron chi connectivity index (χ4n) is 3.45. The Balaban J connectivity index is 2.14. The number of hydrogen-bond donors (Lipinski definition) is 2. The van der Waals surface area contributed by atoms with Crippen molar-refractivity contribution in [3.8, 4) is 5.75 Å². The molecule has 0 amide bonds. The average molecular weight is 329 g/mol. The summed E-state index contributed by atoms with van der Waals surface area (Å²) >= 11 is 2.22. The number of nitrogens with one attached hydrogen (secondary N) is 1. The Bertz CT molecular complexity index is 411. The molecule has 0 spiro atoms. The van der Waals surface area contributed by atoms with Gasteiger partial charge in [0.25, 0.3) is 0 Å². The molecule has 3 unspecified atom stereocenters. The van der Waals surface area contributed by atoms with Crippen molar-refractivity contribution in [3.05, 3.63) is 26.8 Å². The smallest absolute Gasteiger partial charge is 0.129 e.